The molecular formula is C87H88ClF2N11O10S4. The lowest BCUT2D eigenvalue weighted by molar-refractivity contribution is -0.158. The number of fused-ring (bicyclic) bond motifs is 5. The number of benzene rings is 6. The highest BCUT2D eigenvalue weighted by Gasteiger charge is 2.56. The van der Waals surface area contributed by atoms with Gasteiger partial charge in [0.2, 0.25) is 5.91 Å². The van der Waals surface area contributed by atoms with Gasteiger partial charge >= 0.3 is 0 Å². The molecule has 4 amide bonds. The Balaban J connectivity index is 0.000000121. The molecule has 4 bridgehead atoms. The number of thiophene rings is 1. The number of amides is 4. The Kier molecular flexibility index (Phi) is 24.9. The Morgan fingerprint density at radius 3 is 1.72 bits per heavy atom. The van der Waals surface area contributed by atoms with Crippen LogP contribution in [0, 0.1) is 41.7 Å². The third-order valence-corrected chi connectivity index (χ3v) is 27.4. The Morgan fingerprint density at radius 2 is 1.10 bits per heavy atom. The molecule has 4 fully saturated rings. The number of nitrogens with zero attached hydrogens (tertiary/aromatic N) is 8. The maximum absolute atomic E-state index is 14.8. The average molecular weight is 1650 g/mol. The number of rotatable bonds is 14. The lowest BCUT2D eigenvalue weighted by atomic mass is 9.49. The lowest BCUT2D eigenvalue weighted by Crippen LogP contribution is -2.54. The second kappa shape index (κ2) is 35.7. The normalized spacial score (nSPS) is 18.5. The fourth-order valence-electron chi connectivity index (χ4n) is 17.9. The number of hydroxylamine groups is 3. The molecule has 28 heteroatoms. The van der Waals surface area contributed by atoms with Crippen LogP contribution < -0.4 is 35.9 Å². The third kappa shape index (κ3) is 17.8. The van der Waals surface area contributed by atoms with E-state index in [1.807, 2.05) is 78.3 Å². The number of nitrogens with one attached hydrogen (secondary N) is 3. The summed E-state index contributed by atoms with van der Waals surface area (Å²) in [6.45, 7) is 9.56. The minimum absolute atomic E-state index is 0.0773. The fraction of sp³-hybridized carbons (Fsp3) is 0.345. The molecular weight excluding hydrogens is 1560 g/mol. The molecule has 6 aromatic carbocycles. The van der Waals surface area contributed by atoms with Gasteiger partial charge in [0.05, 0.1) is 34.0 Å². The maximum atomic E-state index is 14.8. The van der Waals surface area contributed by atoms with Crippen molar-refractivity contribution in [3.8, 4) is 38.8 Å². The summed E-state index contributed by atoms with van der Waals surface area (Å²) in [4.78, 5) is 89.1. The molecule has 0 radical (unpaired) electrons. The van der Waals surface area contributed by atoms with Gasteiger partial charge in [0.25, 0.3) is 17.7 Å². The number of pyridine rings is 1. The molecule has 7 N–H and O–H groups in total. The Labute approximate surface area is 685 Å². The van der Waals surface area contributed by atoms with Crippen LogP contribution in [-0.4, -0.2) is 121 Å². The van der Waals surface area contributed by atoms with Crippen molar-refractivity contribution in [3.05, 3.63) is 233 Å². The molecule has 4 saturated carbocycles. The van der Waals surface area contributed by atoms with Crippen LogP contribution in [0.3, 0.4) is 0 Å². The minimum atomic E-state index is -0.709. The van der Waals surface area contributed by atoms with Gasteiger partial charge in [-0.2, -0.15) is 0 Å². The van der Waals surface area contributed by atoms with E-state index in [-0.39, 0.29) is 22.3 Å². The van der Waals surface area contributed by atoms with Gasteiger partial charge in [0, 0.05) is 135 Å². The Bertz CT molecular complexity index is 5410. The van der Waals surface area contributed by atoms with Crippen LogP contribution in [0.4, 0.5) is 24.2 Å². The van der Waals surface area contributed by atoms with Gasteiger partial charge in [0.15, 0.2) is 21.2 Å². The number of hydrogen-bond donors (Lipinski definition) is 7. The number of aliphatic hydroxyl groups excluding tert-OH is 1. The van der Waals surface area contributed by atoms with Gasteiger partial charge < -0.3 is 29.4 Å². The van der Waals surface area contributed by atoms with Crippen LogP contribution in [0.5, 0.6) is 5.75 Å². The molecule has 21 nitrogen and oxygen atoms in total. The molecule has 0 unspecified atom stereocenters. The fourth-order valence-corrected chi connectivity index (χ4v) is 22.0. The van der Waals surface area contributed by atoms with E-state index >= 15 is 0 Å². The van der Waals surface area contributed by atoms with E-state index in [0.29, 0.717) is 97.5 Å². The highest BCUT2D eigenvalue weighted by Crippen LogP contribution is 2.61. The molecule has 8 aliphatic rings. The highest BCUT2D eigenvalue weighted by atomic mass is 35.5. The van der Waals surface area contributed by atoms with E-state index in [4.69, 9.17) is 52.0 Å². The standard InChI is InChI=1S/C23H20FN3O2S2.C23H29NO3.C22H22ClN3O3S.C19H17FN4O2S/c1-13-16-6-2-3-7-20(16)31-21(13)19-12-30-23(25-19)27-8-4-5-14-9-15(22(28)26-29)10-18(24)17(14)11-27;25-14-21(26)19-3-4-20-13-24(5-1-2-18(20)9-19)22(27)23-10-15-6-16(11-23)8-17(7-15)12-23;1-2-29-20-11-16(21(27)25-28)9-14-6-4-8-26(12-18(14)20)22-24-19(13-30-22)15-5-3-7-17(23)10-15;20-16-9-14(18(25)23-26)8-12-3-6-24(7-4-15(12)16)19-22-17(11-27-19)13-2-1-5-21-10-13/h2-3,6-7,9-10,12,29H,4-5,8,11H2,1H3,(H,26,28);3-4,9,15-17,25H,1-2,5-8,10-14H2;3,5,7,9-11,13,28H,2,4,6,8,12H2,1H3,(H,25,27);1-2,5,8-11,26H,3-4,6-7H2,(H,23,25). The van der Waals surface area contributed by atoms with Crippen molar-refractivity contribution in [3.63, 3.8) is 0 Å². The first-order valence-electron chi connectivity index (χ1n) is 38.9. The third-order valence-electron chi connectivity index (χ3n) is 23.1. The molecule has 0 spiro atoms. The number of ether oxygens (including phenoxy) is 1. The first-order chi connectivity index (χ1) is 55.8. The van der Waals surface area contributed by atoms with Crippen molar-refractivity contribution >= 4 is 112 Å². The van der Waals surface area contributed by atoms with E-state index in [0.717, 1.165) is 160 Å². The lowest BCUT2D eigenvalue weighted by Gasteiger charge is -2.56. The van der Waals surface area contributed by atoms with E-state index in [9.17, 15) is 32.8 Å². The van der Waals surface area contributed by atoms with Crippen molar-refractivity contribution in [2.75, 3.05) is 60.6 Å². The van der Waals surface area contributed by atoms with Gasteiger partial charge in [-0.1, -0.05) is 54.1 Å². The number of Topliss-reactive ketones (excluding diaryl/α,β-unsaturated/α-hetero) is 1. The summed E-state index contributed by atoms with van der Waals surface area (Å²) in [6, 6.07) is 34.8. The van der Waals surface area contributed by atoms with Gasteiger partial charge in [-0.3, -0.25) is 44.6 Å². The summed E-state index contributed by atoms with van der Waals surface area (Å²) in [5.74, 6) is 0.407. The molecule has 0 saturated heterocycles. The summed E-state index contributed by atoms with van der Waals surface area (Å²) in [5, 5.41) is 46.5. The molecule has 9 heterocycles. The van der Waals surface area contributed by atoms with Crippen molar-refractivity contribution in [1.82, 2.24) is 41.3 Å². The summed E-state index contributed by atoms with van der Waals surface area (Å²) >= 11 is 12.6. The van der Waals surface area contributed by atoms with Crippen LogP contribution >= 0.6 is 56.9 Å². The Morgan fingerprint density at radius 1 is 0.557 bits per heavy atom. The van der Waals surface area contributed by atoms with Crippen molar-refractivity contribution in [2.45, 2.75) is 123 Å². The number of aliphatic hydroxyl groups is 1. The summed E-state index contributed by atoms with van der Waals surface area (Å²) in [5.41, 5.74) is 19.2. The van der Waals surface area contributed by atoms with Crippen LogP contribution in [0.2, 0.25) is 5.02 Å². The number of anilines is 3. The molecule has 4 aliphatic heterocycles. The maximum Gasteiger partial charge on any atom is 0.274 e. The van der Waals surface area contributed by atoms with Gasteiger partial charge in [-0.15, -0.1) is 45.3 Å². The van der Waals surface area contributed by atoms with Crippen molar-refractivity contribution < 1.29 is 58.2 Å². The van der Waals surface area contributed by atoms with Crippen LogP contribution in [-0.2, 0) is 56.5 Å². The Hall–Kier alpha value is -9.94. The number of hydrogen-bond acceptors (Lipinski definition) is 21. The molecule has 5 aromatic heterocycles. The summed E-state index contributed by atoms with van der Waals surface area (Å²) in [7, 11) is 0. The summed E-state index contributed by atoms with van der Waals surface area (Å²) < 4.78 is 36.4. The average Bonchev–Trinajstić information content (AvgIpc) is 1.32. The minimum Gasteiger partial charge on any atom is -0.493 e. The van der Waals surface area contributed by atoms with Crippen LogP contribution in [0.1, 0.15) is 156 Å². The predicted octanol–water partition coefficient (Wildman–Crippen LogP) is 16.9. The number of halogens is 3. The molecule has 596 valence electrons. The smallest absolute Gasteiger partial charge is 0.274 e. The molecule has 11 aromatic rings. The monoisotopic (exact) mass is 1650 g/mol. The quantitative estimate of drug-likeness (QED) is 0.0303. The van der Waals surface area contributed by atoms with E-state index in [1.165, 1.54) is 57.5 Å². The number of aryl methyl sites for hydroxylation is 4. The molecule has 0 atom stereocenters. The van der Waals surface area contributed by atoms with Gasteiger partial charge in [0.1, 0.15) is 24.0 Å². The van der Waals surface area contributed by atoms with Gasteiger partial charge in [-0.05, 0) is 239 Å². The second-order valence-corrected chi connectivity index (χ2v) is 34.5. The second-order valence-electron chi connectivity index (χ2n) is 30.5. The molecule has 115 heavy (non-hydrogen) atoms. The summed E-state index contributed by atoms with van der Waals surface area (Å²) in [6.07, 6.45) is 17.1. The van der Waals surface area contributed by atoms with Crippen molar-refractivity contribution in [1.29, 1.82) is 0 Å². The molecule has 19 rings (SSSR count). The van der Waals surface area contributed by atoms with Crippen molar-refractivity contribution in [2.24, 2.45) is 23.2 Å². The number of aromatic nitrogens is 4. The zero-order valence-electron chi connectivity index (χ0n) is 63.6. The number of ketones is 1. The molecule has 4 aliphatic carbocycles. The zero-order chi connectivity index (χ0) is 80.0. The van der Waals surface area contributed by atoms with E-state index in [1.54, 1.807) is 98.4 Å². The highest BCUT2D eigenvalue weighted by molar-refractivity contribution is 7.23. The first-order valence-corrected chi connectivity index (χ1v) is 42.7. The number of carbonyl (C=O) groups is 5. The largest absolute Gasteiger partial charge is 0.493 e. The van der Waals surface area contributed by atoms with E-state index < -0.39 is 36.0 Å². The SMILES string of the molecule is CCOc1cc(C(=O)NO)cc2c1CN(c1nc(-c3cccc(Cl)c3)cs1)CCC2.Cc1c(-c2csc(N3CCCc4cc(C(=O)NO)cc(F)c4C3)n2)sc2ccccc12.O=C(CO)c1ccc2c(c1)CCCN(C(=O)C13CC4CC(CC(C4)C1)C3)C2.O=C(NO)c1cc(F)c2c(c1)CCN(c1nc(-c3cccnc3)cs1)CC2. The van der Waals surface area contributed by atoms with Gasteiger partial charge in [-0.25, -0.2) is 40.2 Å². The topological polar surface area (TPSA) is 276 Å². The number of thiazole rings is 3. The number of carbonyl (C=O) groups excluding carboxylic acids is 5. The van der Waals surface area contributed by atoms with Crippen LogP contribution in [0.15, 0.2) is 144 Å². The predicted molar refractivity (Wildman–Crippen MR) is 444 cm³/mol. The van der Waals surface area contributed by atoms with E-state index in [2.05, 4.69) is 55.1 Å². The zero-order valence-corrected chi connectivity index (χ0v) is 67.7. The van der Waals surface area contributed by atoms with Crippen LogP contribution in [0.25, 0.3) is 43.2 Å². The first kappa shape index (κ1) is 80.3.